The topological polar surface area (TPSA) is 198 Å². The second-order valence-corrected chi connectivity index (χ2v) is 15.0. The van der Waals surface area contributed by atoms with Crippen molar-refractivity contribution in [3.8, 4) is 0 Å². The number of thioether (sulfide) groups is 1. The molecule has 3 aromatic rings. The summed E-state index contributed by atoms with van der Waals surface area (Å²) in [7, 11) is 1.25. The summed E-state index contributed by atoms with van der Waals surface area (Å²) < 4.78 is 4.17. The number of oxime groups is 1. The lowest BCUT2D eigenvalue weighted by atomic mass is 10.0. The molecule has 4 aliphatic rings. The van der Waals surface area contributed by atoms with E-state index in [9.17, 15) is 19.5 Å². The highest BCUT2D eigenvalue weighted by Gasteiger charge is 2.53. The summed E-state index contributed by atoms with van der Waals surface area (Å²) in [5.74, 6) is -1.03. The first-order valence-corrected chi connectivity index (χ1v) is 17.7. The number of thiophene rings is 1. The van der Waals surface area contributed by atoms with Crippen LogP contribution in [0.4, 0.5) is 10.9 Å². The summed E-state index contributed by atoms with van der Waals surface area (Å²) in [5.41, 5.74) is 6.72. The Balaban J connectivity index is 1.04. The number of fused-ring (bicyclic) bond motifs is 2. The van der Waals surface area contributed by atoms with E-state index in [1.165, 1.54) is 23.8 Å². The van der Waals surface area contributed by atoms with Crippen LogP contribution >= 0.6 is 46.0 Å². The molecule has 0 spiro atoms. The van der Waals surface area contributed by atoms with Gasteiger partial charge in [0, 0.05) is 39.7 Å². The van der Waals surface area contributed by atoms with Crippen molar-refractivity contribution in [2.75, 3.05) is 30.0 Å². The molecule has 3 aromatic heterocycles. The van der Waals surface area contributed by atoms with Crippen LogP contribution in [0.3, 0.4) is 0 Å². The molecule has 0 radical (unpaired) electrons. The number of hydrogen-bond acceptors (Lipinski definition) is 13. The average molecular weight is 717 g/mol. The van der Waals surface area contributed by atoms with E-state index in [-0.39, 0.29) is 33.1 Å². The first kappa shape index (κ1) is 31.5. The van der Waals surface area contributed by atoms with Crippen molar-refractivity contribution in [1.29, 1.82) is 5.41 Å². The Hall–Kier alpha value is -4.13. The van der Waals surface area contributed by atoms with E-state index in [1.54, 1.807) is 11.3 Å². The fourth-order valence-electron chi connectivity index (χ4n) is 5.83. The highest BCUT2D eigenvalue weighted by atomic mass is 35.5. The fraction of sp³-hybridized carbons (Fsp3) is 0.393. The molecule has 2 amide bonds. The first-order chi connectivity index (χ1) is 22.6. The van der Waals surface area contributed by atoms with Gasteiger partial charge in [0.1, 0.15) is 34.4 Å². The number of halogens is 1. The standard InChI is InChI=1S/C28H29ClN10O5S3/c1-44-35-19(18-22(29)47-28(31)34-18)24(40)33-20-25(41)39-21(27(42)43)14(12-46-26(20)39)9-37-5-4-17-36(6-7-38(17)37)10-16-8-13(11-45-16)23(30)32-15-2-3-15/h4-5,8,11,15,20,26H,2-3,6-7,9-10,12H2,1H3,(H5-,30,31,32,33,34,40,42,43)/b35-19-/t20-,26-/m1/s1. The molecule has 1 aliphatic carbocycles. The Morgan fingerprint density at radius 3 is 2.83 bits per heavy atom. The summed E-state index contributed by atoms with van der Waals surface area (Å²) in [4.78, 5) is 52.2. The second kappa shape index (κ2) is 12.5. The van der Waals surface area contributed by atoms with Crippen LogP contribution in [-0.4, -0.2) is 80.8 Å². The molecule has 15 nitrogen and oxygen atoms in total. The zero-order valence-corrected chi connectivity index (χ0v) is 28.1. The van der Waals surface area contributed by atoms with Crippen LogP contribution < -0.4 is 31.1 Å². The minimum absolute atomic E-state index is 0.0168. The molecule has 47 heavy (non-hydrogen) atoms. The van der Waals surface area contributed by atoms with Gasteiger partial charge in [0.15, 0.2) is 29.4 Å². The van der Waals surface area contributed by atoms with Crippen LogP contribution in [0.5, 0.6) is 0 Å². The number of carbonyl (C=O) groups excluding carboxylic acids is 3. The minimum atomic E-state index is -1.46. The molecule has 6 heterocycles. The molecular formula is C28H29ClN10O5S3. The third kappa shape index (κ3) is 5.94. The number of thiazole rings is 1. The lowest BCUT2D eigenvalue weighted by molar-refractivity contribution is -0.766. The van der Waals surface area contributed by atoms with E-state index in [4.69, 9.17) is 27.6 Å². The first-order valence-electron chi connectivity index (χ1n) is 14.6. The van der Waals surface area contributed by atoms with Crippen molar-refractivity contribution in [2.24, 2.45) is 5.16 Å². The Morgan fingerprint density at radius 1 is 1.32 bits per heavy atom. The number of carboxylic acids is 1. The number of carbonyl (C=O) groups is 3. The van der Waals surface area contributed by atoms with E-state index in [1.807, 2.05) is 22.3 Å². The number of amides is 2. The number of amidine groups is 1. The summed E-state index contributed by atoms with van der Waals surface area (Å²) >= 11 is 10.1. The number of aliphatic carboxylic acids is 1. The molecule has 5 N–H and O–H groups in total. The van der Waals surface area contributed by atoms with E-state index in [0.717, 1.165) is 47.0 Å². The average Bonchev–Trinajstić information content (AvgIpc) is 3.35. The third-order valence-electron chi connectivity index (χ3n) is 8.20. The fourth-order valence-corrected chi connectivity index (χ4v) is 8.99. The van der Waals surface area contributed by atoms with Gasteiger partial charge in [-0.2, -0.15) is 0 Å². The number of nitrogen functional groups attached to an aromatic ring is 1. The molecule has 246 valence electrons. The summed E-state index contributed by atoms with van der Waals surface area (Å²) in [6, 6.07) is 3.47. The molecule has 19 heteroatoms. The number of carboxylic acid groups (broad SMARTS) is 1. The van der Waals surface area contributed by atoms with Crippen LogP contribution in [0.1, 0.15) is 29.0 Å². The normalized spacial score (nSPS) is 20.6. The van der Waals surface area contributed by atoms with Gasteiger partial charge in [-0.1, -0.05) is 28.1 Å². The smallest absolute Gasteiger partial charge is 0.276 e. The molecule has 0 aromatic carbocycles. The molecule has 3 aliphatic heterocycles. The van der Waals surface area contributed by atoms with Gasteiger partial charge in [0.25, 0.3) is 11.8 Å². The molecule has 1 saturated heterocycles. The van der Waals surface area contributed by atoms with Gasteiger partial charge in [-0.15, -0.1) is 32.5 Å². The molecule has 0 unspecified atom stereocenters. The molecule has 7 rings (SSSR count). The Morgan fingerprint density at radius 2 is 2.13 bits per heavy atom. The number of aromatic nitrogens is 3. The van der Waals surface area contributed by atoms with E-state index >= 15 is 0 Å². The van der Waals surface area contributed by atoms with Crippen molar-refractivity contribution in [3.63, 3.8) is 0 Å². The molecule has 1 saturated carbocycles. The van der Waals surface area contributed by atoms with Gasteiger partial charge in [-0.05, 0) is 18.9 Å². The van der Waals surface area contributed by atoms with Crippen LogP contribution in [0, 0.1) is 5.41 Å². The van der Waals surface area contributed by atoms with Gasteiger partial charge < -0.3 is 36.0 Å². The summed E-state index contributed by atoms with van der Waals surface area (Å²) in [6.07, 6.45) is 4.14. The monoisotopic (exact) mass is 716 g/mol. The van der Waals surface area contributed by atoms with Crippen LogP contribution in [0.15, 0.2) is 40.1 Å². The summed E-state index contributed by atoms with van der Waals surface area (Å²) in [5, 5.41) is 31.8. The van der Waals surface area contributed by atoms with Gasteiger partial charge in [-0.25, -0.2) is 4.98 Å². The maximum absolute atomic E-state index is 13.3. The number of rotatable bonds is 11. The molecular weight excluding hydrogens is 688 g/mol. The maximum atomic E-state index is 13.3. The molecule has 2 fully saturated rings. The number of anilines is 2. The number of hydrogen-bond donors (Lipinski definition) is 4. The van der Waals surface area contributed by atoms with E-state index in [0.29, 0.717) is 36.3 Å². The maximum Gasteiger partial charge on any atom is 0.276 e. The predicted molar refractivity (Wildman–Crippen MR) is 175 cm³/mol. The Labute approximate surface area is 285 Å². The van der Waals surface area contributed by atoms with E-state index < -0.39 is 29.2 Å². The lowest BCUT2D eigenvalue weighted by Gasteiger charge is -2.50. The number of nitrogens with two attached hydrogens (primary N) is 1. The number of β-lactam (4-membered cyclic amide) rings is 1. The third-order valence-corrected chi connectivity index (χ3v) is 11.5. The van der Waals surface area contributed by atoms with Crippen molar-refractivity contribution in [1.82, 2.24) is 25.2 Å². The molecule has 2 atom stereocenters. The minimum Gasteiger partial charge on any atom is -0.543 e. The van der Waals surface area contributed by atoms with E-state index in [2.05, 4.69) is 36.4 Å². The van der Waals surface area contributed by atoms with Crippen LogP contribution in [0.2, 0.25) is 4.34 Å². The highest BCUT2D eigenvalue weighted by Crippen LogP contribution is 2.40. The van der Waals surface area contributed by atoms with Crippen molar-refractivity contribution >= 4 is 86.3 Å². The van der Waals surface area contributed by atoms with Gasteiger partial charge >= 0.3 is 0 Å². The van der Waals surface area contributed by atoms with Crippen LogP contribution in [-0.2, 0) is 38.9 Å². The van der Waals surface area contributed by atoms with Crippen molar-refractivity contribution < 1.29 is 29.0 Å². The largest absolute Gasteiger partial charge is 0.543 e. The Kier molecular flexibility index (Phi) is 8.35. The highest BCUT2D eigenvalue weighted by molar-refractivity contribution is 8.00. The second-order valence-electron chi connectivity index (χ2n) is 11.3. The zero-order valence-electron chi connectivity index (χ0n) is 24.9. The Bertz CT molecular complexity index is 1860. The number of nitrogens with zero attached hydrogens (tertiary/aromatic N) is 6. The van der Waals surface area contributed by atoms with Crippen molar-refractivity contribution in [2.45, 2.75) is 49.9 Å². The quantitative estimate of drug-likeness (QED) is 0.0693. The van der Waals surface area contributed by atoms with Gasteiger partial charge in [0.2, 0.25) is 0 Å². The van der Waals surface area contributed by atoms with Crippen LogP contribution in [0.25, 0.3) is 0 Å². The summed E-state index contributed by atoms with van der Waals surface area (Å²) in [6.45, 7) is 2.44. The predicted octanol–water partition coefficient (Wildman–Crippen LogP) is 0.0814. The van der Waals surface area contributed by atoms with Gasteiger partial charge in [-0.3, -0.25) is 19.9 Å². The van der Waals surface area contributed by atoms with Gasteiger partial charge in [0.05, 0.1) is 30.8 Å². The number of nitrogens with one attached hydrogen (secondary N) is 3. The zero-order chi connectivity index (χ0) is 33.0. The SMILES string of the molecule is CO/N=C(\C(=O)N[C@@H]1C(=O)N2C(C(=O)[O-])=C(C[n+]3ccc4n3CCN4Cc3cc(C(=N)NC4CC4)cs3)CS[C@H]12)c1nc(N)sc1Cl. The van der Waals surface area contributed by atoms with Crippen molar-refractivity contribution in [3.05, 3.63) is 55.5 Å². The lowest BCUT2D eigenvalue weighted by Crippen LogP contribution is -2.71. The molecule has 0 bridgehead atoms.